The Kier molecular flexibility index (Phi) is 4.53. The summed E-state index contributed by atoms with van der Waals surface area (Å²) in [5.74, 6) is 0. The van der Waals surface area contributed by atoms with E-state index in [0.29, 0.717) is 0 Å². The second kappa shape index (κ2) is 6.34. The fourth-order valence-corrected chi connectivity index (χ4v) is 1.96. The van der Waals surface area contributed by atoms with Gasteiger partial charge in [-0.25, -0.2) is 0 Å². The number of rotatable bonds is 5. The Labute approximate surface area is 115 Å². The highest BCUT2D eigenvalue weighted by Crippen LogP contribution is 2.14. The van der Waals surface area contributed by atoms with E-state index in [-0.39, 0.29) is 6.04 Å². The van der Waals surface area contributed by atoms with Crippen molar-refractivity contribution in [3.05, 3.63) is 59.9 Å². The Hall–Kier alpha value is -1.87. The van der Waals surface area contributed by atoms with Gasteiger partial charge in [-0.1, -0.05) is 30.3 Å². The maximum absolute atomic E-state index is 5.80. The molecule has 3 heteroatoms. The standard InChI is InChI=1S/C16H21N3/c1-13(17)16-9-8-15(12-18-16)19(2)11-10-14-6-4-3-5-7-14/h3-9,12-13H,10-11,17H2,1-2H3/t13-/m0/s1. The SMILES string of the molecule is C[C@H](N)c1ccc(N(C)CCc2ccccc2)cn1. The van der Waals surface area contributed by atoms with Crippen LogP contribution in [0, 0.1) is 0 Å². The second-order valence-corrected chi connectivity index (χ2v) is 4.89. The zero-order chi connectivity index (χ0) is 13.7. The van der Waals surface area contributed by atoms with Gasteiger partial charge in [0.25, 0.3) is 0 Å². The minimum Gasteiger partial charge on any atom is -0.373 e. The van der Waals surface area contributed by atoms with E-state index in [4.69, 9.17) is 5.73 Å². The number of nitrogens with zero attached hydrogens (tertiary/aromatic N) is 2. The quantitative estimate of drug-likeness (QED) is 0.893. The molecule has 1 heterocycles. The maximum Gasteiger partial charge on any atom is 0.0569 e. The summed E-state index contributed by atoms with van der Waals surface area (Å²) >= 11 is 0. The molecular formula is C16H21N3. The highest BCUT2D eigenvalue weighted by molar-refractivity contribution is 5.44. The number of pyridine rings is 1. The summed E-state index contributed by atoms with van der Waals surface area (Å²) in [7, 11) is 2.09. The molecule has 2 N–H and O–H groups in total. The highest BCUT2D eigenvalue weighted by atomic mass is 15.1. The van der Waals surface area contributed by atoms with Gasteiger partial charge in [0.15, 0.2) is 0 Å². The number of hydrogen-bond donors (Lipinski definition) is 1. The molecule has 0 unspecified atom stereocenters. The molecule has 3 nitrogen and oxygen atoms in total. The molecule has 1 aromatic carbocycles. The molecule has 1 atom stereocenters. The van der Waals surface area contributed by atoms with Crippen LogP contribution in [0.4, 0.5) is 5.69 Å². The number of hydrogen-bond acceptors (Lipinski definition) is 3. The third kappa shape index (κ3) is 3.80. The van der Waals surface area contributed by atoms with Gasteiger partial charge < -0.3 is 10.6 Å². The first-order valence-corrected chi connectivity index (χ1v) is 6.63. The van der Waals surface area contributed by atoms with Gasteiger partial charge in [0.05, 0.1) is 17.6 Å². The molecule has 2 rings (SSSR count). The van der Waals surface area contributed by atoms with Gasteiger partial charge in [0, 0.05) is 19.6 Å². The van der Waals surface area contributed by atoms with Crippen molar-refractivity contribution < 1.29 is 0 Å². The molecule has 0 bridgehead atoms. The van der Waals surface area contributed by atoms with E-state index in [1.54, 1.807) is 0 Å². The Morgan fingerprint density at radius 2 is 1.89 bits per heavy atom. The normalized spacial score (nSPS) is 12.2. The lowest BCUT2D eigenvalue weighted by Gasteiger charge is -2.19. The van der Waals surface area contributed by atoms with Crippen LogP contribution in [0.25, 0.3) is 0 Å². The lowest BCUT2D eigenvalue weighted by Crippen LogP contribution is -2.20. The van der Waals surface area contributed by atoms with Crippen molar-refractivity contribution in [3.8, 4) is 0 Å². The van der Waals surface area contributed by atoms with E-state index in [1.165, 1.54) is 5.56 Å². The van der Waals surface area contributed by atoms with Crippen LogP contribution in [-0.4, -0.2) is 18.6 Å². The Balaban J connectivity index is 1.94. The highest BCUT2D eigenvalue weighted by Gasteiger charge is 2.04. The molecule has 2 aromatic rings. The van der Waals surface area contributed by atoms with E-state index in [9.17, 15) is 0 Å². The summed E-state index contributed by atoms with van der Waals surface area (Å²) in [6.45, 7) is 2.92. The molecule has 0 fully saturated rings. The molecule has 0 aliphatic carbocycles. The molecule has 100 valence electrons. The van der Waals surface area contributed by atoms with Crippen LogP contribution in [0.3, 0.4) is 0 Å². The van der Waals surface area contributed by atoms with Crippen molar-refractivity contribution in [3.63, 3.8) is 0 Å². The first-order valence-electron chi connectivity index (χ1n) is 6.63. The molecule has 19 heavy (non-hydrogen) atoms. The predicted molar refractivity (Wildman–Crippen MR) is 80.3 cm³/mol. The van der Waals surface area contributed by atoms with E-state index >= 15 is 0 Å². The molecule has 0 aliphatic rings. The van der Waals surface area contributed by atoms with Gasteiger partial charge in [-0.2, -0.15) is 0 Å². The summed E-state index contributed by atoms with van der Waals surface area (Å²) in [4.78, 5) is 6.60. The molecule has 0 amide bonds. The molecule has 0 spiro atoms. The maximum atomic E-state index is 5.80. The van der Waals surface area contributed by atoms with Crippen molar-refractivity contribution in [2.45, 2.75) is 19.4 Å². The predicted octanol–water partition coefficient (Wildman–Crippen LogP) is 2.78. The summed E-state index contributed by atoms with van der Waals surface area (Å²) in [6, 6.07) is 14.6. The first-order chi connectivity index (χ1) is 9.16. The van der Waals surface area contributed by atoms with Crippen molar-refractivity contribution in [2.75, 3.05) is 18.5 Å². The summed E-state index contributed by atoms with van der Waals surface area (Å²) < 4.78 is 0. The van der Waals surface area contributed by atoms with Crippen LogP contribution in [0.5, 0.6) is 0 Å². The summed E-state index contributed by atoms with van der Waals surface area (Å²) in [5, 5.41) is 0. The monoisotopic (exact) mass is 255 g/mol. The van der Waals surface area contributed by atoms with Gasteiger partial charge in [-0.15, -0.1) is 0 Å². The first kappa shape index (κ1) is 13.6. The second-order valence-electron chi connectivity index (χ2n) is 4.89. The fraction of sp³-hybridized carbons (Fsp3) is 0.312. The largest absolute Gasteiger partial charge is 0.373 e. The van der Waals surface area contributed by atoms with Crippen LogP contribution in [0.2, 0.25) is 0 Å². The number of aromatic nitrogens is 1. The zero-order valence-corrected chi connectivity index (χ0v) is 11.6. The molecular weight excluding hydrogens is 234 g/mol. The molecule has 1 aromatic heterocycles. The molecule has 0 saturated heterocycles. The number of nitrogens with two attached hydrogens (primary N) is 1. The lowest BCUT2D eigenvalue weighted by molar-refractivity contribution is 0.778. The van der Waals surface area contributed by atoms with Gasteiger partial charge in [0.2, 0.25) is 0 Å². The fourth-order valence-electron chi connectivity index (χ4n) is 1.96. The lowest BCUT2D eigenvalue weighted by atomic mass is 10.1. The van der Waals surface area contributed by atoms with Crippen molar-refractivity contribution in [1.29, 1.82) is 0 Å². The van der Waals surface area contributed by atoms with E-state index < -0.39 is 0 Å². The molecule has 0 aliphatic heterocycles. The van der Waals surface area contributed by atoms with Gasteiger partial charge in [-0.05, 0) is 31.0 Å². The van der Waals surface area contributed by atoms with E-state index in [0.717, 1.165) is 24.3 Å². The Morgan fingerprint density at radius 1 is 1.16 bits per heavy atom. The van der Waals surface area contributed by atoms with E-state index in [2.05, 4.69) is 47.3 Å². The minimum atomic E-state index is -0.0105. The summed E-state index contributed by atoms with van der Waals surface area (Å²) in [5.41, 5.74) is 9.21. The van der Waals surface area contributed by atoms with Crippen molar-refractivity contribution in [2.24, 2.45) is 5.73 Å². The van der Waals surface area contributed by atoms with Crippen LogP contribution >= 0.6 is 0 Å². The zero-order valence-electron chi connectivity index (χ0n) is 11.6. The van der Waals surface area contributed by atoms with Gasteiger partial charge in [0.1, 0.15) is 0 Å². The van der Waals surface area contributed by atoms with Crippen LogP contribution < -0.4 is 10.6 Å². The van der Waals surface area contributed by atoms with Crippen molar-refractivity contribution in [1.82, 2.24) is 4.98 Å². The topological polar surface area (TPSA) is 42.1 Å². The van der Waals surface area contributed by atoms with Gasteiger partial charge in [-0.3, -0.25) is 4.98 Å². The van der Waals surface area contributed by atoms with Crippen LogP contribution in [-0.2, 0) is 6.42 Å². The van der Waals surface area contributed by atoms with Gasteiger partial charge >= 0.3 is 0 Å². The number of benzene rings is 1. The molecule has 0 saturated carbocycles. The van der Waals surface area contributed by atoms with E-state index in [1.807, 2.05) is 25.3 Å². The summed E-state index contributed by atoms with van der Waals surface area (Å²) in [6.07, 6.45) is 2.93. The Morgan fingerprint density at radius 3 is 2.47 bits per heavy atom. The average Bonchev–Trinajstić information content (AvgIpc) is 2.46. The molecule has 0 radical (unpaired) electrons. The number of likely N-dealkylation sites (N-methyl/N-ethyl adjacent to an activating group) is 1. The smallest absolute Gasteiger partial charge is 0.0569 e. The number of anilines is 1. The minimum absolute atomic E-state index is 0.0105. The third-order valence-corrected chi connectivity index (χ3v) is 3.26. The third-order valence-electron chi connectivity index (χ3n) is 3.26. The Bertz CT molecular complexity index is 491. The van der Waals surface area contributed by atoms with Crippen LogP contribution in [0.1, 0.15) is 24.2 Å². The van der Waals surface area contributed by atoms with Crippen molar-refractivity contribution >= 4 is 5.69 Å². The average molecular weight is 255 g/mol. The van der Waals surface area contributed by atoms with Crippen LogP contribution in [0.15, 0.2) is 48.7 Å².